The molecule has 1 aliphatic carbocycles. The van der Waals surface area contributed by atoms with Crippen molar-refractivity contribution in [2.24, 2.45) is 0 Å². The summed E-state index contributed by atoms with van der Waals surface area (Å²) in [5, 5.41) is 7.80. The van der Waals surface area contributed by atoms with E-state index in [1.165, 1.54) is 6.07 Å². The van der Waals surface area contributed by atoms with Crippen LogP contribution in [0.4, 0.5) is 10.1 Å². The predicted octanol–water partition coefficient (Wildman–Crippen LogP) is 3.88. The minimum atomic E-state index is -0.236. The van der Waals surface area contributed by atoms with Crippen LogP contribution < -0.4 is 4.90 Å². The maximum absolute atomic E-state index is 14.7. The molecule has 1 spiro atoms. The van der Waals surface area contributed by atoms with E-state index in [1.54, 1.807) is 40.2 Å². The zero-order valence-electron chi connectivity index (χ0n) is 14.8. The second kappa shape index (κ2) is 6.01. The Bertz CT molecular complexity index is 1010. The smallest absolute Gasteiger partial charge is 0.258 e. The summed E-state index contributed by atoms with van der Waals surface area (Å²) in [5.41, 5.74) is 2.54. The Kier molecular flexibility index (Phi) is 3.60. The summed E-state index contributed by atoms with van der Waals surface area (Å²) in [7, 11) is 0. The first-order chi connectivity index (χ1) is 13.2. The maximum atomic E-state index is 14.7. The molecule has 2 aromatic carbocycles. The molecule has 0 atom stereocenters. The van der Waals surface area contributed by atoms with Crippen LogP contribution in [0.15, 0.2) is 54.9 Å². The highest BCUT2D eigenvalue weighted by Crippen LogP contribution is 2.51. The number of nitrogens with zero attached hydrogens (tertiary/aromatic N) is 4. The number of hydrogen-bond acceptors (Lipinski definition) is 3. The van der Waals surface area contributed by atoms with Gasteiger partial charge in [0, 0.05) is 23.1 Å². The zero-order chi connectivity index (χ0) is 18.4. The zero-order valence-corrected chi connectivity index (χ0v) is 14.8. The van der Waals surface area contributed by atoms with Gasteiger partial charge in [0.2, 0.25) is 0 Å². The molecule has 0 bridgehead atoms. The van der Waals surface area contributed by atoms with Gasteiger partial charge in [0.1, 0.15) is 5.82 Å². The first-order valence-electron chi connectivity index (χ1n) is 9.26. The van der Waals surface area contributed by atoms with Gasteiger partial charge in [-0.2, -0.15) is 0 Å². The van der Waals surface area contributed by atoms with E-state index in [-0.39, 0.29) is 17.1 Å². The van der Waals surface area contributed by atoms with Crippen LogP contribution in [0, 0.1) is 5.82 Å². The number of fused-ring (bicyclic) bond motifs is 2. The van der Waals surface area contributed by atoms with Gasteiger partial charge in [-0.1, -0.05) is 30.2 Å². The predicted molar refractivity (Wildman–Crippen MR) is 99.6 cm³/mol. The van der Waals surface area contributed by atoms with Crippen molar-refractivity contribution >= 4 is 11.6 Å². The standard InChI is InChI=1S/C21H19FN4O/c22-17-7-4-8-18-19(17)21(9-1-2-10-21)14-25(18)20(27)15-5-3-6-16(13-15)26-12-11-23-24-26/h3-8,11-13H,1-2,9-10,14H2. The fourth-order valence-corrected chi connectivity index (χ4v) is 4.65. The molecule has 1 aliphatic heterocycles. The van der Waals surface area contributed by atoms with Crippen LogP contribution in [0.5, 0.6) is 0 Å². The van der Waals surface area contributed by atoms with Gasteiger partial charge in [-0.15, -0.1) is 5.10 Å². The van der Waals surface area contributed by atoms with Gasteiger partial charge in [0.05, 0.1) is 23.8 Å². The highest BCUT2D eigenvalue weighted by Gasteiger charge is 2.48. The van der Waals surface area contributed by atoms with E-state index in [2.05, 4.69) is 10.3 Å². The van der Waals surface area contributed by atoms with Crippen molar-refractivity contribution in [3.8, 4) is 5.69 Å². The molecule has 5 rings (SSSR count). The van der Waals surface area contributed by atoms with Crippen molar-refractivity contribution in [1.29, 1.82) is 0 Å². The van der Waals surface area contributed by atoms with Crippen molar-refractivity contribution in [2.75, 3.05) is 11.4 Å². The highest BCUT2D eigenvalue weighted by molar-refractivity contribution is 6.08. The van der Waals surface area contributed by atoms with Gasteiger partial charge < -0.3 is 4.90 Å². The summed E-state index contributed by atoms with van der Waals surface area (Å²) in [6, 6.07) is 12.4. The van der Waals surface area contributed by atoms with Gasteiger partial charge in [0.25, 0.3) is 5.91 Å². The van der Waals surface area contributed by atoms with Gasteiger partial charge in [-0.25, -0.2) is 9.07 Å². The van der Waals surface area contributed by atoms with Gasteiger partial charge in [-0.05, 0) is 43.2 Å². The molecular weight excluding hydrogens is 343 g/mol. The fraction of sp³-hybridized carbons (Fsp3) is 0.286. The van der Waals surface area contributed by atoms with Crippen LogP contribution in [0.3, 0.4) is 0 Å². The summed E-state index contributed by atoms with van der Waals surface area (Å²) < 4.78 is 16.3. The van der Waals surface area contributed by atoms with Crippen LogP contribution >= 0.6 is 0 Å². The molecule has 0 N–H and O–H groups in total. The third kappa shape index (κ3) is 2.47. The average molecular weight is 362 g/mol. The lowest BCUT2D eigenvalue weighted by Gasteiger charge is -2.25. The number of aromatic nitrogens is 3. The molecule has 27 heavy (non-hydrogen) atoms. The molecule has 6 heteroatoms. The Balaban J connectivity index is 1.55. The molecule has 1 aromatic heterocycles. The minimum Gasteiger partial charge on any atom is -0.307 e. The number of amides is 1. The summed E-state index contributed by atoms with van der Waals surface area (Å²) in [6.45, 7) is 0.551. The Labute approximate surface area is 156 Å². The number of benzene rings is 2. The molecule has 1 saturated carbocycles. The molecular formula is C21H19FN4O. The van der Waals surface area contributed by atoms with Crippen LogP contribution in [-0.2, 0) is 5.41 Å². The van der Waals surface area contributed by atoms with E-state index < -0.39 is 0 Å². The number of halogens is 1. The Morgan fingerprint density at radius 1 is 1.11 bits per heavy atom. The lowest BCUT2D eigenvalue weighted by Crippen LogP contribution is -2.35. The van der Waals surface area contributed by atoms with Crippen LogP contribution in [0.1, 0.15) is 41.6 Å². The topological polar surface area (TPSA) is 51.0 Å². The largest absolute Gasteiger partial charge is 0.307 e. The van der Waals surface area contributed by atoms with Crippen molar-refractivity contribution < 1.29 is 9.18 Å². The van der Waals surface area contributed by atoms with E-state index in [0.717, 1.165) is 36.9 Å². The molecule has 1 amide bonds. The SMILES string of the molecule is O=C(c1cccc(-n2ccnn2)c1)N1CC2(CCCC2)c2c(F)cccc21. The number of carbonyl (C=O) groups is 1. The Morgan fingerprint density at radius 2 is 1.93 bits per heavy atom. The lowest BCUT2D eigenvalue weighted by molar-refractivity contribution is 0.0985. The average Bonchev–Trinajstić information content (AvgIpc) is 3.43. The van der Waals surface area contributed by atoms with Crippen molar-refractivity contribution in [2.45, 2.75) is 31.1 Å². The first-order valence-corrected chi connectivity index (χ1v) is 9.26. The van der Waals surface area contributed by atoms with Crippen molar-refractivity contribution in [1.82, 2.24) is 15.0 Å². The maximum Gasteiger partial charge on any atom is 0.258 e. The number of anilines is 1. The molecule has 136 valence electrons. The Morgan fingerprint density at radius 3 is 2.70 bits per heavy atom. The molecule has 5 nitrogen and oxygen atoms in total. The van der Waals surface area contributed by atoms with E-state index in [1.807, 2.05) is 18.2 Å². The second-order valence-electron chi connectivity index (χ2n) is 7.41. The summed E-state index contributed by atoms with van der Waals surface area (Å²) in [5.74, 6) is -0.298. The van der Waals surface area contributed by atoms with Gasteiger partial charge >= 0.3 is 0 Å². The quantitative estimate of drug-likeness (QED) is 0.695. The summed E-state index contributed by atoms with van der Waals surface area (Å²) >= 11 is 0. The van der Waals surface area contributed by atoms with Crippen molar-refractivity contribution in [3.05, 3.63) is 71.8 Å². The van der Waals surface area contributed by atoms with Crippen LogP contribution in [-0.4, -0.2) is 27.4 Å². The monoisotopic (exact) mass is 362 g/mol. The Hall–Kier alpha value is -3.02. The van der Waals surface area contributed by atoms with E-state index in [9.17, 15) is 9.18 Å². The first kappa shape index (κ1) is 16.2. The molecule has 3 aromatic rings. The molecule has 2 aliphatic rings. The fourth-order valence-electron chi connectivity index (χ4n) is 4.65. The second-order valence-corrected chi connectivity index (χ2v) is 7.41. The molecule has 1 fully saturated rings. The third-order valence-corrected chi connectivity index (χ3v) is 5.86. The molecule has 0 unspecified atom stereocenters. The van der Waals surface area contributed by atoms with E-state index in [0.29, 0.717) is 17.8 Å². The van der Waals surface area contributed by atoms with Crippen LogP contribution in [0.25, 0.3) is 5.69 Å². The van der Waals surface area contributed by atoms with Gasteiger partial charge in [-0.3, -0.25) is 4.79 Å². The normalized spacial score (nSPS) is 17.4. The van der Waals surface area contributed by atoms with E-state index in [4.69, 9.17) is 0 Å². The highest BCUT2D eigenvalue weighted by atomic mass is 19.1. The van der Waals surface area contributed by atoms with Gasteiger partial charge in [0.15, 0.2) is 0 Å². The third-order valence-electron chi connectivity index (χ3n) is 5.86. The molecule has 0 radical (unpaired) electrons. The lowest BCUT2D eigenvalue weighted by atomic mass is 9.80. The number of rotatable bonds is 2. The summed E-state index contributed by atoms with van der Waals surface area (Å²) in [6.07, 6.45) is 7.36. The van der Waals surface area contributed by atoms with E-state index >= 15 is 0 Å². The van der Waals surface area contributed by atoms with Crippen molar-refractivity contribution in [3.63, 3.8) is 0 Å². The summed E-state index contributed by atoms with van der Waals surface area (Å²) in [4.78, 5) is 15.1. The molecule has 2 heterocycles. The minimum absolute atomic E-state index is 0.104. The number of carbonyl (C=O) groups excluding carboxylic acids is 1. The number of hydrogen-bond donors (Lipinski definition) is 0. The molecule has 0 saturated heterocycles. The van der Waals surface area contributed by atoms with Crippen LogP contribution in [0.2, 0.25) is 0 Å².